The van der Waals surface area contributed by atoms with Crippen LogP contribution in [0.15, 0.2) is 18.2 Å². The third kappa shape index (κ3) is 1.66. The lowest BCUT2D eigenvalue weighted by atomic mass is 10.1. The van der Waals surface area contributed by atoms with Gasteiger partial charge in [-0.1, -0.05) is 17.7 Å². The van der Waals surface area contributed by atoms with Gasteiger partial charge in [-0.05, 0) is 12.1 Å². The molecule has 0 amide bonds. The summed E-state index contributed by atoms with van der Waals surface area (Å²) in [5, 5.41) is 0.803. The van der Waals surface area contributed by atoms with Gasteiger partial charge in [-0.2, -0.15) is 0 Å². The fourth-order valence-electron chi connectivity index (χ4n) is 2.13. The van der Waals surface area contributed by atoms with Gasteiger partial charge in [-0.3, -0.25) is 0 Å². The van der Waals surface area contributed by atoms with E-state index in [1.807, 2.05) is 12.1 Å². The first-order valence-electron chi connectivity index (χ1n) is 5.07. The van der Waals surface area contributed by atoms with Crippen molar-refractivity contribution in [2.45, 2.75) is 6.04 Å². The monoisotopic (exact) mass is 225 g/mol. The summed E-state index contributed by atoms with van der Waals surface area (Å²) in [5.74, 6) is 0. The van der Waals surface area contributed by atoms with Gasteiger partial charge in [-0.25, -0.2) is 0 Å². The van der Waals surface area contributed by atoms with Crippen LogP contribution >= 0.6 is 11.6 Å². The SMILES string of the molecule is CN1CC(CN)N(C)c2cccc(Cl)c21. The molecule has 15 heavy (non-hydrogen) atoms. The van der Waals surface area contributed by atoms with E-state index in [0.29, 0.717) is 12.6 Å². The Hall–Kier alpha value is -0.930. The molecular weight excluding hydrogens is 210 g/mol. The van der Waals surface area contributed by atoms with Gasteiger partial charge in [0, 0.05) is 27.2 Å². The van der Waals surface area contributed by atoms with Crippen molar-refractivity contribution in [3.05, 3.63) is 23.2 Å². The number of nitrogens with two attached hydrogens (primary N) is 1. The Kier molecular flexibility index (Phi) is 2.76. The largest absolute Gasteiger partial charge is 0.370 e. The normalized spacial score (nSPS) is 20.4. The lowest BCUT2D eigenvalue weighted by Gasteiger charge is -2.41. The molecule has 0 aliphatic carbocycles. The molecule has 1 atom stereocenters. The Balaban J connectivity index is 2.49. The Morgan fingerprint density at radius 2 is 2.20 bits per heavy atom. The van der Waals surface area contributed by atoms with Crippen LogP contribution < -0.4 is 15.5 Å². The molecule has 1 aromatic rings. The third-order valence-electron chi connectivity index (χ3n) is 3.03. The second-order valence-corrected chi connectivity index (χ2v) is 4.40. The molecule has 1 heterocycles. The molecule has 1 unspecified atom stereocenters. The Labute approximate surface area is 95.4 Å². The van der Waals surface area contributed by atoms with Crippen LogP contribution in [0.4, 0.5) is 11.4 Å². The van der Waals surface area contributed by atoms with Gasteiger partial charge in [-0.15, -0.1) is 0 Å². The molecule has 2 rings (SSSR count). The second kappa shape index (κ2) is 3.91. The maximum Gasteiger partial charge on any atom is 0.0791 e. The standard InChI is InChI=1S/C11H16ClN3/c1-14-7-8(6-13)15(2)10-5-3-4-9(12)11(10)14/h3-5,8H,6-7,13H2,1-2H3. The van der Waals surface area contributed by atoms with Gasteiger partial charge in [0.05, 0.1) is 22.4 Å². The summed E-state index contributed by atoms with van der Waals surface area (Å²) >= 11 is 6.19. The molecular formula is C11H16ClN3. The number of hydrogen-bond donors (Lipinski definition) is 1. The molecule has 4 heteroatoms. The zero-order valence-electron chi connectivity index (χ0n) is 9.07. The van der Waals surface area contributed by atoms with Gasteiger partial charge >= 0.3 is 0 Å². The summed E-state index contributed by atoms with van der Waals surface area (Å²) in [7, 11) is 4.13. The van der Waals surface area contributed by atoms with Crippen LogP contribution in [-0.2, 0) is 0 Å². The topological polar surface area (TPSA) is 32.5 Å². The number of rotatable bonds is 1. The minimum atomic E-state index is 0.362. The van der Waals surface area contributed by atoms with E-state index in [9.17, 15) is 0 Å². The van der Waals surface area contributed by atoms with Crippen molar-refractivity contribution in [1.82, 2.24) is 0 Å². The summed E-state index contributed by atoms with van der Waals surface area (Å²) in [6.07, 6.45) is 0. The van der Waals surface area contributed by atoms with E-state index in [1.54, 1.807) is 0 Å². The number of anilines is 2. The third-order valence-corrected chi connectivity index (χ3v) is 3.34. The van der Waals surface area contributed by atoms with Crippen molar-refractivity contribution in [1.29, 1.82) is 0 Å². The highest BCUT2D eigenvalue weighted by Gasteiger charge is 2.26. The highest BCUT2D eigenvalue weighted by atomic mass is 35.5. The predicted octanol–water partition coefficient (Wildman–Crippen LogP) is 1.55. The van der Waals surface area contributed by atoms with Gasteiger partial charge in [0.1, 0.15) is 0 Å². The number of halogens is 1. The lowest BCUT2D eigenvalue weighted by molar-refractivity contribution is 0.609. The molecule has 1 aromatic carbocycles. The summed E-state index contributed by atoms with van der Waals surface area (Å²) in [4.78, 5) is 4.39. The first kappa shape index (κ1) is 10.6. The number of hydrogen-bond acceptors (Lipinski definition) is 3. The molecule has 0 aromatic heterocycles. The summed E-state index contributed by atoms with van der Waals surface area (Å²) in [6, 6.07) is 6.35. The van der Waals surface area contributed by atoms with E-state index in [4.69, 9.17) is 17.3 Å². The molecule has 3 nitrogen and oxygen atoms in total. The average molecular weight is 226 g/mol. The first-order chi connectivity index (χ1) is 7.15. The number of likely N-dealkylation sites (N-methyl/N-ethyl adjacent to an activating group) is 2. The van der Waals surface area contributed by atoms with Crippen LogP contribution in [-0.4, -0.2) is 33.2 Å². The molecule has 0 saturated carbocycles. The molecule has 82 valence electrons. The highest BCUT2D eigenvalue weighted by molar-refractivity contribution is 6.34. The van der Waals surface area contributed by atoms with Crippen molar-refractivity contribution in [2.75, 3.05) is 37.0 Å². The molecule has 0 saturated heterocycles. The van der Waals surface area contributed by atoms with E-state index in [-0.39, 0.29) is 0 Å². The van der Waals surface area contributed by atoms with Crippen LogP contribution in [0.1, 0.15) is 0 Å². The maximum absolute atomic E-state index is 6.19. The van der Waals surface area contributed by atoms with E-state index < -0.39 is 0 Å². The van der Waals surface area contributed by atoms with Gasteiger partial charge in [0.15, 0.2) is 0 Å². The molecule has 0 bridgehead atoms. The smallest absolute Gasteiger partial charge is 0.0791 e. The van der Waals surface area contributed by atoms with Crippen molar-refractivity contribution in [3.8, 4) is 0 Å². The van der Waals surface area contributed by atoms with Crippen LogP contribution in [0.5, 0.6) is 0 Å². The van der Waals surface area contributed by atoms with Crippen molar-refractivity contribution >= 4 is 23.0 Å². The molecule has 0 fully saturated rings. The number of fused-ring (bicyclic) bond motifs is 1. The van der Waals surface area contributed by atoms with E-state index in [0.717, 1.165) is 22.9 Å². The highest BCUT2D eigenvalue weighted by Crippen LogP contribution is 2.38. The van der Waals surface area contributed by atoms with Gasteiger partial charge < -0.3 is 15.5 Å². The van der Waals surface area contributed by atoms with Crippen molar-refractivity contribution < 1.29 is 0 Å². The zero-order valence-corrected chi connectivity index (χ0v) is 9.83. The van der Waals surface area contributed by atoms with Gasteiger partial charge in [0.2, 0.25) is 0 Å². The van der Waals surface area contributed by atoms with Crippen molar-refractivity contribution in [3.63, 3.8) is 0 Å². The maximum atomic E-state index is 6.19. The van der Waals surface area contributed by atoms with Crippen LogP contribution in [0.2, 0.25) is 5.02 Å². The lowest BCUT2D eigenvalue weighted by Crippen LogP contribution is -2.49. The molecule has 1 aliphatic rings. The molecule has 0 radical (unpaired) electrons. The minimum Gasteiger partial charge on any atom is -0.370 e. The number of nitrogens with zero attached hydrogens (tertiary/aromatic N) is 2. The molecule has 2 N–H and O–H groups in total. The fourth-order valence-corrected chi connectivity index (χ4v) is 2.44. The summed E-state index contributed by atoms with van der Waals surface area (Å²) in [5.41, 5.74) is 8.01. The Morgan fingerprint density at radius 3 is 2.87 bits per heavy atom. The summed E-state index contributed by atoms with van der Waals surface area (Å²) in [6.45, 7) is 1.58. The Bertz CT molecular complexity index is 367. The molecule has 0 spiro atoms. The fraction of sp³-hybridized carbons (Fsp3) is 0.455. The zero-order chi connectivity index (χ0) is 11.0. The number of para-hydroxylation sites is 1. The summed E-state index contributed by atoms with van der Waals surface area (Å²) < 4.78 is 0. The predicted molar refractivity (Wildman–Crippen MR) is 66.0 cm³/mol. The van der Waals surface area contributed by atoms with E-state index >= 15 is 0 Å². The molecule has 1 aliphatic heterocycles. The van der Waals surface area contributed by atoms with Crippen molar-refractivity contribution in [2.24, 2.45) is 5.73 Å². The average Bonchev–Trinajstić information content (AvgIpc) is 2.23. The van der Waals surface area contributed by atoms with E-state index in [2.05, 4.69) is 30.0 Å². The quantitative estimate of drug-likeness (QED) is 0.787. The Morgan fingerprint density at radius 1 is 1.47 bits per heavy atom. The second-order valence-electron chi connectivity index (χ2n) is 3.99. The van der Waals surface area contributed by atoms with Gasteiger partial charge in [0.25, 0.3) is 0 Å². The number of benzene rings is 1. The van der Waals surface area contributed by atoms with Crippen LogP contribution in [0.25, 0.3) is 0 Å². The first-order valence-corrected chi connectivity index (χ1v) is 5.45. The van der Waals surface area contributed by atoms with Crippen LogP contribution in [0.3, 0.4) is 0 Å². The van der Waals surface area contributed by atoms with E-state index in [1.165, 1.54) is 0 Å². The van der Waals surface area contributed by atoms with Crippen LogP contribution in [0, 0.1) is 0 Å². The minimum absolute atomic E-state index is 0.362.